The summed E-state index contributed by atoms with van der Waals surface area (Å²) in [5.41, 5.74) is 4.56. The third-order valence-corrected chi connectivity index (χ3v) is 6.87. The predicted molar refractivity (Wildman–Crippen MR) is 141 cm³/mol. The van der Waals surface area contributed by atoms with Crippen LogP contribution < -0.4 is 14.2 Å². The predicted octanol–water partition coefficient (Wildman–Crippen LogP) is 6.37. The molecule has 0 N–H and O–H groups in total. The fourth-order valence-corrected chi connectivity index (χ4v) is 4.83. The molecule has 5 rings (SSSR count). The zero-order chi connectivity index (χ0) is 24.4. The van der Waals surface area contributed by atoms with Gasteiger partial charge in [-0.25, -0.2) is 0 Å². The second-order valence-corrected chi connectivity index (χ2v) is 9.47. The van der Waals surface area contributed by atoms with Gasteiger partial charge in [-0.3, -0.25) is 9.69 Å². The van der Waals surface area contributed by atoms with Gasteiger partial charge in [-0.1, -0.05) is 64.5 Å². The summed E-state index contributed by atoms with van der Waals surface area (Å²) in [4.78, 5) is 15.8. The summed E-state index contributed by atoms with van der Waals surface area (Å²) in [6.07, 6.45) is 4.80. The van der Waals surface area contributed by atoms with E-state index in [2.05, 4.69) is 51.2 Å². The minimum atomic E-state index is -0.189. The van der Waals surface area contributed by atoms with E-state index < -0.39 is 0 Å². The van der Waals surface area contributed by atoms with Crippen molar-refractivity contribution in [3.63, 3.8) is 0 Å². The molecule has 178 valence electrons. The van der Waals surface area contributed by atoms with E-state index in [4.69, 9.17) is 14.2 Å². The van der Waals surface area contributed by atoms with E-state index in [1.807, 2.05) is 30.3 Å². The van der Waals surface area contributed by atoms with Crippen LogP contribution in [0.1, 0.15) is 33.5 Å². The molecule has 2 heterocycles. The van der Waals surface area contributed by atoms with Crippen LogP contribution in [0.2, 0.25) is 0 Å². The van der Waals surface area contributed by atoms with Crippen LogP contribution in [0.25, 0.3) is 11.6 Å². The van der Waals surface area contributed by atoms with Gasteiger partial charge in [0.05, 0.1) is 19.8 Å². The molecule has 0 bridgehead atoms. The van der Waals surface area contributed by atoms with Gasteiger partial charge in [0, 0.05) is 30.2 Å². The fourth-order valence-electron chi connectivity index (χ4n) is 4.56. The molecule has 0 radical (unpaired) electrons. The van der Waals surface area contributed by atoms with Crippen molar-refractivity contribution < 1.29 is 19.0 Å². The number of benzene rings is 3. The van der Waals surface area contributed by atoms with Crippen LogP contribution >= 0.6 is 15.9 Å². The van der Waals surface area contributed by atoms with E-state index in [9.17, 15) is 4.79 Å². The molecule has 5 nitrogen and oxygen atoms in total. The first-order valence-corrected chi connectivity index (χ1v) is 12.3. The van der Waals surface area contributed by atoms with Crippen molar-refractivity contribution in [2.75, 3.05) is 27.3 Å². The van der Waals surface area contributed by atoms with Crippen LogP contribution in [0, 0.1) is 0 Å². The fraction of sp³-hybridized carbons (Fsp3) is 0.207. The quantitative estimate of drug-likeness (QED) is 0.346. The SMILES string of the molecule is COc1cc(OC)c(C2=CCN(Cc3ccccc3)CC2)c2c1C(=O)C(=Cc1ccc(Br)cc1)O2. The molecule has 0 aliphatic carbocycles. The maximum atomic E-state index is 13.4. The summed E-state index contributed by atoms with van der Waals surface area (Å²) < 4.78 is 18.5. The molecular weight excluding hydrogens is 506 g/mol. The van der Waals surface area contributed by atoms with Crippen molar-refractivity contribution in [2.45, 2.75) is 13.0 Å². The first-order valence-electron chi connectivity index (χ1n) is 11.5. The lowest BCUT2D eigenvalue weighted by Crippen LogP contribution is -2.28. The van der Waals surface area contributed by atoms with Crippen LogP contribution in [-0.2, 0) is 6.54 Å². The number of fused-ring (bicyclic) bond motifs is 1. The van der Waals surface area contributed by atoms with Gasteiger partial charge in [0.2, 0.25) is 5.78 Å². The number of ether oxygens (including phenoxy) is 3. The number of hydrogen-bond donors (Lipinski definition) is 0. The Kier molecular flexibility index (Phi) is 6.75. The van der Waals surface area contributed by atoms with Gasteiger partial charge >= 0.3 is 0 Å². The van der Waals surface area contributed by atoms with Gasteiger partial charge in [0.25, 0.3) is 0 Å². The molecule has 0 saturated carbocycles. The van der Waals surface area contributed by atoms with Gasteiger partial charge in [-0.15, -0.1) is 0 Å². The molecule has 3 aromatic rings. The second-order valence-electron chi connectivity index (χ2n) is 8.55. The van der Waals surface area contributed by atoms with Crippen molar-refractivity contribution in [3.05, 3.63) is 99.2 Å². The molecule has 2 aliphatic heterocycles. The maximum Gasteiger partial charge on any atom is 0.235 e. The van der Waals surface area contributed by atoms with Gasteiger partial charge in [0.1, 0.15) is 17.1 Å². The molecule has 6 heteroatoms. The highest BCUT2D eigenvalue weighted by Crippen LogP contribution is 2.49. The van der Waals surface area contributed by atoms with Crippen molar-refractivity contribution in [1.82, 2.24) is 4.90 Å². The average molecular weight is 532 g/mol. The van der Waals surface area contributed by atoms with Crippen molar-refractivity contribution in [1.29, 1.82) is 0 Å². The lowest BCUT2D eigenvalue weighted by Gasteiger charge is -2.27. The van der Waals surface area contributed by atoms with Crippen molar-refractivity contribution >= 4 is 33.4 Å². The monoisotopic (exact) mass is 531 g/mol. The summed E-state index contributed by atoms with van der Waals surface area (Å²) in [7, 11) is 3.19. The summed E-state index contributed by atoms with van der Waals surface area (Å²) in [6, 6.07) is 20.0. The highest BCUT2D eigenvalue weighted by atomic mass is 79.9. The van der Waals surface area contributed by atoms with Crippen molar-refractivity contribution in [3.8, 4) is 17.2 Å². The molecule has 0 fully saturated rings. The standard InChI is InChI=1S/C29H26BrNO4/c1-33-23-17-24(34-2)27-28(32)25(16-19-8-10-22(30)11-9-19)35-29(27)26(23)21-12-14-31(15-13-21)18-20-6-4-3-5-7-20/h3-12,16-17H,13-15,18H2,1-2H3. The summed E-state index contributed by atoms with van der Waals surface area (Å²) in [5, 5.41) is 0. The number of carbonyl (C=O) groups is 1. The van der Waals surface area contributed by atoms with E-state index in [1.54, 1.807) is 26.4 Å². The Labute approximate surface area is 213 Å². The van der Waals surface area contributed by atoms with Gasteiger partial charge in [-0.2, -0.15) is 0 Å². The van der Waals surface area contributed by atoms with E-state index in [-0.39, 0.29) is 11.5 Å². The lowest BCUT2D eigenvalue weighted by molar-refractivity contribution is 0.101. The molecule has 3 aromatic carbocycles. The Morgan fingerprint density at radius 3 is 2.37 bits per heavy atom. The van der Waals surface area contributed by atoms with Gasteiger partial charge in [-0.05, 0) is 41.3 Å². The molecule has 0 atom stereocenters. The summed E-state index contributed by atoms with van der Waals surface area (Å²) in [6.45, 7) is 2.61. The molecular formula is C29H26BrNO4. The summed E-state index contributed by atoms with van der Waals surface area (Å²) in [5.74, 6) is 1.69. The maximum absolute atomic E-state index is 13.4. The van der Waals surface area contributed by atoms with Crippen LogP contribution in [0.5, 0.6) is 17.2 Å². The third-order valence-electron chi connectivity index (χ3n) is 6.34. The van der Waals surface area contributed by atoms with E-state index in [0.717, 1.165) is 47.2 Å². The van der Waals surface area contributed by atoms with E-state index in [0.29, 0.717) is 22.8 Å². The molecule has 0 spiro atoms. The topological polar surface area (TPSA) is 48.0 Å². The first kappa shape index (κ1) is 23.4. The number of allylic oxidation sites excluding steroid dienone is 1. The molecule has 35 heavy (non-hydrogen) atoms. The highest BCUT2D eigenvalue weighted by molar-refractivity contribution is 9.10. The number of carbonyl (C=O) groups excluding carboxylic acids is 1. The van der Waals surface area contributed by atoms with Crippen LogP contribution in [0.15, 0.2) is 77.0 Å². The molecule has 0 aromatic heterocycles. The Hall–Kier alpha value is -3.35. The Bertz CT molecular complexity index is 1310. The number of rotatable bonds is 6. The number of hydrogen-bond acceptors (Lipinski definition) is 5. The highest BCUT2D eigenvalue weighted by Gasteiger charge is 2.36. The Balaban J connectivity index is 1.49. The zero-order valence-electron chi connectivity index (χ0n) is 19.7. The number of Topliss-reactive ketones (excluding diaryl/α,β-unsaturated/α-hetero) is 1. The average Bonchev–Trinajstić information content (AvgIpc) is 3.21. The molecule has 0 saturated heterocycles. The van der Waals surface area contributed by atoms with Gasteiger partial charge < -0.3 is 14.2 Å². The Morgan fingerprint density at radius 1 is 1.00 bits per heavy atom. The normalized spacial score (nSPS) is 16.6. The number of halogens is 1. The summed E-state index contributed by atoms with van der Waals surface area (Å²) >= 11 is 3.45. The zero-order valence-corrected chi connectivity index (χ0v) is 21.3. The van der Waals surface area contributed by atoms with Crippen molar-refractivity contribution in [2.24, 2.45) is 0 Å². The number of ketones is 1. The molecule has 0 amide bonds. The van der Waals surface area contributed by atoms with Gasteiger partial charge in [0.15, 0.2) is 11.5 Å². The minimum absolute atomic E-state index is 0.189. The Morgan fingerprint density at radius 2 is 1.71 bits per heavy atom. The largest absolute Gasteiger partial charge is 0.496 e. The molecule has 0 unspecified atom stereocenters. The van der Waals surface area contributed by atoms with Crippen LogP contribution in [-0.4, -0.2) is 38.0 Å². The third kappa shape index (κ3) is 4.77. The smallest absolute Gasteiger partial charge is 0.235 e. The van der Waals surface area contributed by atoms with Crippen LogP contribution in [0.3, 0.4) is 0 Å². The lowest BCUT2D eigenvalue weighted by atomic mass is 9.94. The molecule has 2 aliphatic rings. The second kappa shape index (κ2) is 10.1. The number of methoxy groups -OCH3 is 2. The van der Waals surface area contributed by atoms with E-state index in [1.165, 1.54) is 5.56 Å². The minimum Gasteiger partial charge on any atom is -0.496 e. The first-order chi connectivity index (χ1) is 17.1. The number of nitrogens with zero attached hydrogens (tertiary/aromatic N) is 1. The van der Waals surface area contributed by atoms with Crippen LogP contribution in [0.4, 0.5) is 0 Å². The van der Waals surface area contributed by atoms with E-state index >= 15 is 0 Å².